The second-order valence-corrected chi connectivity index (χ2v) is 5.04. The Hall–Kier alpha value is -0.950. The summed E-state index contributed by atoms with van der Waals surface area (Å²) in [6.07, 6.45) is 0. The highest BCUT2D eigenvalue weighted by Crippen LogP contribution is 2.30. The van der Waals surface area contributed by atoms with Gasteiger partial charge >= 0.3 is 0 Å². The monoisotopic (exact) mass is 273 g/mol. The second-order valence-electron chi connectivity index (χ2n) is 3.33. The Morgan fingerprint density at radius 2 is 2.41 bits per heavy atom. The summed E-state index contributed by atoms with van der Waals surface area (Å²) in [5, 5.41) is 3.83. The van der Waals surface area contributed by atoms with E-state index in [4.69, 9.17) is 26.6 Å². The molecule has 2 aromatic heterocycles. The number of ether oxygens (including phenoxy) is 1. The Bertz CT molecular complexity index is 485. The molecule has 7 heteroatoms. The first-order valence-electron chi connectivity index (χ1n) is 5.13. The normalized spacial score (nSPS) is 12.9. The first-order valence-corrected chi connectivity index (χ1v) is 6.32. The Labute approximate surface area is 108 Å². The first kappa shape index (κ1) is 12.5. The molecule has 0 aliphatic rings. The third kappa shape index (κ3) is 3.04. The number of rotatable bonds is 5. The molecule has 0 fully saturated rings. The van der Waals surface area contributed by atoms with E-state index in [9.17, 15) is 0 Å². The van der Waals surface area contributed by atoms with Crippen molar-refractivity contribution in [3.8, 4) is 10.8 Å². The van der Waals surface area contributed by atoms with Crippen LogP contribution in [0.2, 0.25) is 4.34 Å². The fourth-order valence-electron chi connectivity index (χ4n) is 1.23. The van der Waals surface area contributed by atoms with Crippen LogP contribution in [0.1, 0.15) is 18.8 Å². The molecule has 17 heavy (non-hydrogen) atoms. The summed E-state index contributed by atoms with van der Waals surface area (Å²) in [6.45, 7) is 2.89. The highest BCUT2D eigenvalue weighted by atomic mass is 35.5. The lowest BCUT2D eigenvalue weighted by Gasteiger charge is -2.05. The maximum Gasteiger partial charge on any atom is 0.268 e. The average molecular weight is 274 g/mol. The van der Waals surface area contributed by atoms with Gasteiger partial charge in [0.2, 0.25) is 0 Å². The van der Waals surface area contributed by atoms with Gasteiger partial charge in [0.25, 0.3) is 5.89 Å². The summed E-state index contributed by atoms with van der Waals surface area (Å²) in [5.41, 5.74) is 5.85. The number of thiophene rings is 1. The van der Waals surface area contributed by atoms with Crippen molar-refractivity contribution in [1.82, 2.24) is 10.1 Å². The molecule has 0 saturated heterocycles. The zero-order valence-electron chi connectivity index (χ0n) is 9.22. The predicted octanol–water partition coefficient (Wildman–Crippen LogP) is 2.49. The van der Waals surface area contributed by atoms with Crippen LogP contribution in [0.25, 0.3) is 10.8 Å². The maximum atomic E-state index is 5.85. The molecule has 2 N–H and O–H groups in total. The fourth-order valence-corrected chi connectivity index (χ4v) is 2.20. The summed E-state index contributed by atoms with van der Waals surface area (Å²) in [5.74, 6) is 0.877. The van der Waals surface area contributed by atoms with E-state index >= 15 is 0 Å². The number of hydrogen-bond donors (Lipinski definition) is 1. The van der Waals surface area contributed by atoms with E-state index in [0.717, 1.165) is 4.88 Å². The van der Waals surface area contributed by atoms with Crippen molar-refractivity contribution in [2.75, 3.05) is 13.2 Å². The van der Waals surface area contributed by atoms with E-state index in [1.807, 2.05) is 13.0 Å². The first-order chi connectivity index (χ1) is 8.20. The van der Waals surface area contributed by atoms with Gasteiger partial charge in [0.1, 0.15) is 0 Å². The molecule has 2 heterocycles. The molecule has 92 valence electrons. The van der Waals surface area contributed by atoms with Gasteiger partial charge in [-0.3, -0.25) is 0 Å². The molecular formula is C10H12ClN3O2S. The molecule has 0 bridgehead atoms. The molecule has 0 saturated carbocycles. The van der Waals surface area contributed by atoms with Crippen LogP contribution in [-0.4, -0.2) is 23.4 Å². The van der Waals surface area contributed by atoms with Crippen molar-refractivity contribution in [2.24, 2.45) is 5.73 Å². The van der Waals surface area contributed by atoms with Crippen LogP contribution in [0.15, 0.2) is 16.7 Å². The number of halogens is 1. The minimum Gasteiger partial charge on any atom is -0.380 e. The van der Waals surface area contributed by atoms with Gasteiger partial charge in [0, 0.05) is 6.61 Å². The Kier molecular flexibility index (Phi) is 4.11. The molecule has 0 spiro atoms. The molecule has 0 aromatic carbocycles. The van der Waals surface area contributed by atoms with Gasteiger partial charge in [-0.25, -0.2) is 0 Å². The van der Waals surface area contributed by atoms with Crippen LogP contribution in [0.3, 0.4) is 0 Å². The van der Waals surface area contributed by atoms with Crippen LogP contribution in [0.4, 0.5) is 0 Å². The lowest BCUT2D eigenvalue weighted by molar-refractivity contribution is 0.130. The highest BCUT2D eigenvalue weighted by molar-refractivity contribution is 7.19. The summed E-state index contributed by atoms with van der Waals surface area (Å²) >= 11 is 7.21. The van der Waals surface area contributed by atoms with Gasteiger partial charge in [-0.05, 0) is 19.1 Å². The standard InChI is InChI=1S/C10H12ClN3O2S/c1-2-15-5-6(12)9-13-10(16-14-9)7-3-4-8(11)17-7/h3-4,6H,2,5,12H2,1H3. The minimum atomic E-state index is -0.372. The van der Waals surface area contributed by atoms with E-state index in [2.05, 4.69) is 10.1 Å². The quantitative estimate of drug-likeness (QED) is 0.906. The number of aromatic nitrogens is 2. The van der Waals surface area contributed by atoms with Crippen LogP contribution in [0, 0.1) is 0 Å². The zero-order chi connectivity index (χ0) is 12.3. The minimum absolute atomic E-state index is 0.372. The molecule has 1 atom stereocenters. The van der Waals surface area contributed by atoms with Gasteiger partial charge in [-0.15, -0.1) is 11.3 Å². The van der Waals surface area contributed by atoms with Crippen LogP contribution in [-0.2, 0) is 4.74 Å². The molecule has 2 aromatic rings. The molecule has 0 amide bonds. The molecule has 1 unspecified atom stereocenters. The number of nitrogens with zero attached hydrogens (tertiary/aromatic N) is 2. The molecule has 5 nitrogen and oxygen atoms in total. The topological polar surface area (TPSA) is 74.2 Å². The molecule has 0 aliphatic carbocycles. The van der Waals surface area contributed by atoms with Gasteiger partial charge in [-0.1, -0.05) is 16.8 Å². The SMILES string of the molecule is CCOCC(N)c1noc(-c2ccc(Cl)s2)n1. The van der Waals surface area contributed by atoms with E-state index in [-0.39, 0.29) is 6.04 Å². The largest absolute Gasteiger partial charge is 0.380 e. The summed E-state index contributed by atoms with van der Waals surface area (Å²) in [6, 6.07) is 3.24. The summed E-state index contributed by atoms with van der Waals surface area (Å²) < 4.78 is 11.0. The lowest BCUT2D eigenvalue weighted by atomic mass is 10.3. The van der Waals surface area contributed by atoms with E-state index in [1.54, 1.807) is 6.07 Å². The second kappa shape index (κ2) is 5.59. The predicted molar refractivity (Wildman–Crippen MR) is 66.0 cm³/mol. The fraction of sp³-hybridized carbons (Fsp3) is 0.400. The van der Waals surface area contributed by atoms with E-state index in [0.29, 0.717) is 29.3 Å². The van der Waals surface area contributed by atoms with E-state index in [1.165, 1.54) is 11.3 Å². The van der Waals surface area contributed by atoms with Crippen molar-refractivity contribution >= 4 is 22.9 Å². The lowest BCUT2D eigenvalue weighted by Crippen LogP contribution is -2.18. The van der Waals surface area contributed by atoms with E-state index < -0.39 is 0 Å². The van der Waals surface area contributed by atoms with Crippen LogP contribution >= 0.6 is 22.9 Å². The smallest absolute Gasteiger partial charge is 0.268 e. The third-order valence-corrected chi connectivity index (χ3v) is 3.28. The van der Waals surface area contributed by atoms with Gasteiger partial charge in [-0.2, -0.15) is 4.98 Å². The highest BCUT2D eigenvalue weighted by Gasteiger charge is 2.16. The third-order valence-electron chi connectivity index (χ3n) is 2.06. The van der Waals surface area contributed by atoms with Crippen LogP contribution < -0.4 is 5.73 Å². The maximum absolute atomic E-state index is 5.85. The van der Waals surface area contributed by atoms with Crippen molar-refractivity contribution in [1.29, 1.82) is 0 Å². The summed E-state index contributed by atoms with van der Waals surface area (Å²) in [4.78, 5) is 5.05. The number of nitrogens with two attached hydrogens (primary N) is 1. The average Bonchev–Trinajstić information content (AvgIpc) is 2.93. The Morgan fingerprint density at radius 1 is 1.59 bits per heavy atom. The van der Waals surface area contributed by atoms with Crippen LogP contribution in [0.5, 0.6) is 0 Å². The Balaban J connectivity index is 2.10. The van der Waals surface area contributed by atoms with Gasteiger partial charge in [0.05, 0.1) is 21.9 Å². The van der Waals surface area contributed by atoms with Gasteiger partial charge < -0.3 is 15.0 Å². The zero-order valence-corrected chi connectivity index (χ0v) is 10.8. The van der Waals surface area contributed by atoms with Crippen molar-refractivity contribution in [2.45, 2.75) is 13.0 Å². The molecule has 2 rings (SSSR count). The molecule has 0 aliphatic heterocycles. The Morgan fingerprint density at radius 3 is 3.06 bits per heavy atom. The molecular weight excluding hydrogens is 262 g/mol. The number of hydrogen-bond acceptors (Lipinski definition) is 6. The molecule has 0 radical (unpaired) electrons. The summed E-state index contributed by atoms with van der Waals surface area (Å²) in [7, 11) is 0. The van der Waals surface area contributed by atoms with Gasteiger partial charge in [0.15, 0.2) is 5.82 Å². The van der Waals surface area contributed by atoms with Crippen molar-refractivity contribution in [3.05, 3.63) is 22.3 Å². The van der Waals surface area contributed by atoms with Crippen molar-refractivity contribution < 1.29 is 9.26 Å². The van der Waals surface area contributed by atoms with Crippen molar-refractivity contribution in [3.63, 3.8) is 0 Å².